The quantitative estimate of drug-likeness (QED) is 0.553. The topological polar surface area (TPSA) is 17.8 Å². The first kappa shape index (κ1) is 14.2. The number of alkyl halides is 6. The average Bonchev–Trinajstić information content (AvgIpc) is 2.54. The van der Waals surface area contributed by atoms with E-state index in [1.807, 2.05) is 0 Å². The van der Waals surface area contributed by atoms with Gasteiger partial charge in [-0.2, -0.15) is 26.3 Å². The van der Waals surface area contributed by atoms with Gasteiger partial charge in [0.25, 0.3) is 0 Å². The molecule has 0 bridgehead atoms. The van der Waals surface area contributed by atoms with Crippen molar-refractivity contribution in [1.29, 1.82) is 0 Å². The van der Waals surface area contributed by atoms with Crippen molar-refractivity contribution >= 4 is 27.0 Å². The summed E-state index contributed by atoms with van der Waals surface area (Å²) in [5.41, 5.74) is -1.49. The van der Waals surface area contributed by atoms with Gasteiger partial charge in [0.15, 0.2) is 0 Å². The third-order valence-electron chi connectivity index (χ3n) is 2.34. The standard InChI is InChI=1S/C10H5BrF6N2/c11-7-2-1-5-6(10(15,16)17)3-19(8(5)18-7)4-9(12,13)14/h1-3H,4H2. The van der Waals surface area contributed by atoms with Crippen molar-refractivity contribution in [3.8, 4) is 0 Å². The average molecular weight is 347 g/mol. The summed E-state index contributed by atoms with van der Waals surface area (Å²) in [4.78, 5) is 3.67. The molecule has 0 aromatic carbocycles. The molecule has 0 aliphatic heterocycles. The van der Waals surface area contributed by atoms with Gasteiger partial charge in [0.05, 0.1) is 5.56 Å². The predicted molar refractivity (Wildman–Crippen MR) is 58.5 cm³/mol. The fourth-order valence-corrected chi connectivity index (χ4v) is 1.98. The van der Waals surface area contributed by atoms with E-state index in [-0.39, 0.29) is 15.6 Å². The van der Waals surface area contributed by atoms with Crippen LogP contribution in [0.3, 0.4) is 0 Å². The Hall–Kier alpha value is -1.25. The van der Waals surface area contributed by atoms with E-state index in [9.17, 15) is 26.3 Å². The Kier molecular flexibility index (Phi) is 3.28. The third-order valence-corrected chi connectivity index (χ3v) is 2.78. The number of rotatable bonds is 1. The number of pyridine rings is 1. The number of hydrogen-bond acceptors (Lipinski definition) is 1. The highest BCUT2D eigenvalue weighted by Gasteiger charge is 2.37. The van der Waals surface area contributed by atoms with E-state index < -0.39 is 24.5 Å². The summed E-state index contributed by atoms with van der Waals surface area (Å²) >= 11 is 2.92. The van der Waals surface area contributed by atoms with Gasteiger partial charge in [-0.05, 0) is 28.1 Å². The monoisotopic (exact) mass is 346 g/mol. The van der Waals surface area contributed by atoms with Gasteiger partial charge in [0, 0.05) is 11.6 Å². The molecule has 9 heteroatoms. The smallest absolute Gasteiger partial charge is 0.323 e. The van der Waals surface area contributed by atoms with Crippen LogP contribution in [0, 0.1) is 0 Å². The molecule has 0 aliphatic rings. The molecule has 19 heavy (non-hydrogen) atoms. The summed E-state index contributed by atoms with van der Waals surface area (Å²) in [6.07, 6.45) is -8.93. The molecule has 2 aromatic heterocycles. The van der Waals surface area contributed by atoms with Gasteiger partial charge in [-0.25, -0.2) is 4.98 Å². The normalized spacial score (nSPS) is 13.2. The maximum atomic E-state index is 12.7. The van der Waals surface area contributed by atoms with Gasteiger partial charge < -0.3 is 4.57 Å². The lowest BCUT2D eigenvalue weighted by Crippen LogP contribution is -2.17. The van der Waals surface area contributed by atoms with Crippen LogP contribution in [0.2, 0.25) is 0 Å². The van der Waals surface area contributed by atoms with E-state index in [1.54, 1.807) is 0 Å². The lowest BCUT2D eigenvalue weighted by atomic mass is 10.2. The van der Waals surface area contributed by atoms with Gasteiger partial charge in [-0.3, -0.25) is 0 Å². The van der Waals surface area contributed by atoms with Crippen molar-refractivity contribution < 1.29 is 26.3 Å². The number of nitrogens with zero attached hydrogens (tertiary/aromatic N) is 2. The van der Waals surface area contributed by atoms with Crippen molar-refractivity contribution in [2.75, 3.05) is 0 Å². The Balaban J connectivity index is 2.67. The Morgan fingerprint density at radius 2 is 1.74 bits per heavy atom. The zero-order valence-corrected chi connectivity index (χ0v) is 10.6. The Morgan fingerprint density at radius 3 is 2.26 bits per heavy atom. The second kappa shape index (κ2) is 4.39. The second-order valence-electron chi connectivity index (χ2n) is 3.79. The van der Waals surface area contributed by atoms with E-state index in [0.29, 0.717) is 10.8 Å². The van der Waals surface area contributed by atoms with E-state index in [1.165, 1.54) is 6.07 Å². The maximum absolute atomic E-state index is 12.7. The molecule has 2 heterocycles. The molecule has 0 saturated heterocycles. The molecule has 0 N–H and O–H groups in total. The van der Waals surface area contributed by atoms with Crippen molar-refractivity contribution in [1.82, 2.24) is 9.55 Å². The van der Waals surface area contributed by atoms with Crippen LogP contribution < -0.4 is 0 Å². The summed E-state index contributed by atoms with van der Waals surface area (Å²) in [5.74, 6) is 0. The Labute approximate surface area is 111 Å². The van der Waals surface area contributed by atoms with Crippen molar-refractivity contribution in [3.05, 3.63) is 28.5 Å². The summed E-state index contributed by atoms with van der Waals surface area (Å²) in [7, 11) is 0. The summed E-state index contributed by atoms with van der Waals surface area (Å²) in [6.45, 7) is -1.52. The molecular formula is C10H5BrF6N2. The lowest BCUT2D eigenvalue weighted by molar-refractivity contribution is -0.143. The molecule has 2 rings (SSSR count). The molecule has 0 unspecified atom stereocenters. The molecular weight excluding hydrogens is 342 g/mol. The second-order valence-corrected chi connectivity index (χ2v) is 4.60. The van der Waals surface area contributed by atoms with E-state index in [4.69, 9.17) is 0 Å². The van der Waals surface area contributed by atoms with E-state index in [0.717, 1.165) is 6.07 Å². The van der Waals surface area contributed by atoms with Crippen LogP contribution in [0.1, 0.15) is 5.56 Å². The van der Waals surface area contributed by atoms with E-state index >= 15 is 0 Å². The van der Waals surface area contributed by atoms with E-state index in [2.05, 4.69) is 20.9 Å². The zero-order chi connectivity index (χ0) is 14.4. The van der Waals surface area contributed by atoms with Crippen LogP contribution >= 0.6 is 15.9 Å². The van der Waals surface area contributed by atoms with Crippen LogP contribution in [-0.4, -0.2) is 15.7 Å². The highest BCUT2D eigenvalue weighted by atomic mass is 79.9. The minimum atomic E-state index is -4.73. The fourth-order valence-electron chi connectivity index (χ4n) is 1.68. The third kappa shape index (κ3) is 3.02. The van der Waals surface area contributed by atoms with Gasteiger partial charge in [-0.1, -0.05) is 0 Å². The van der Waals surface area contributed by atoms with Crippen LogP contribution in [0.15, 0.2) is 22.9 Å². The molecule has 0 atom stereocenters. The lowest BCUT2D eigenvalue weighted by Gasteiger charge is -2.08. The maximum Gasteiger partial charge on any atom is 0.418 e. The first-order chi connectivity index (χ1) is 8.58. The first-order valence-electron chi connectivity index (χ1n) is 4.87. The number of hydrogen-bond donors (Lipinski definition) is 0. The molecule has 104 valence electrons. The Morgan fingerprint density at radius 1 is 1.11 bits per heavy atom. The highest BCUT2D eigenvalue weighted by Crippen LogP contribution is 2.36. The van der Waals surface area contributed by atoms with Crippen molar-refractivity contribution in [2.45, 2.75) is 18.9 Å². The summed E-state index contributed by atoms with van der Waals surface area (Å²) < 4.78 is 75.8. The van der Waals surface area contributed by atoms with Crippen LogP contribution in [-0.2, 0) is 12.7 Å². The van der Waals surface area contributed by atoms with Gasteiger partial charge >= 0.3 is 12.4 Å². The van der Waals surface area contributed by atoms with Gasteiger partial charge in [-0.15, -0.1) is 0 Å². The first-order valence-corrected chi connectivity index (χ1v) is 5.66. The van der Waals surface area contributed by atoms with Crippen LogP contribution in [0.25, 0.3) is 11.0 Å². The summed E-state index contributed by atoms with van der Waals surface area (Å²) in [5, 5.41) is -0.361. The molecule has 0 radical (unpaired) electrons. The zero-order valence-electron chi connectivity index (χ0n) is 8.98. The number of aromatic nitrogens is 2. The van der Waals surface area contributed by atoms with Crippen LogP contribution in [0.4, 0.5) is 26.3 Å². The largest absolute Gasteiger partial charge is 0.418 e. The van der Waals surface area contributed by atoms with Gasteiger partial charge in [0.1, 0.15) is 16.8 Å². The predicted octanol–water partition coefficient (Wildman–Crippen LogP) is 4.38. The number of fused-ring (bicyclic) bond motifs is 1. The molecule has 2 nitrogen and oxygen atoms in total. The molecule has 0 saturated carbocycles. The molecule has 0 spiro atoms. The molecule has 0 fully saturated rings. The minimum absolute atomic E-state index is 0.162. The number of halogens is 7. The minimum Gasteiger partial charge on any atom is -0.323 e. The SMILES string of the molecule is FC(F)(F)Cn1cc(C(F)(F)F)c2ccc(Br)nc21. The molecule has 0 amide bonds. The molecule has 2 aromatic rings. The molecule has 0 aliphatic carbocycles. The summed E-state index contributed by atoms with van der Waals surface area (Å²) in [6, 6.07) is 2.33. The fraction of sp³-hybridized carbons (Fsp3) is 0.300. The van der Waals surface area contributed by atoms with Crippen LogP contribution in [0.5, 0.6) is 0 Å². The van der Waals surface area contributed by atoms with Gasteiger partial charge in [0.2, 0.25) is 0 Å². The highest BCUT2D eigenvalue weighted by molar-refractivity contribution is 9.10. The van der Waals surface area contributed by atoms with Crippen molar-refractivity contribution in [2.24, 2.45) is 0 Å². The Bertz CT molecular complexity index is 613. The van der Waals surface area contributed by atoms with Crippen molar-refractivity contribution in [3.63, 3.8) is 0 Å².